The minimum Gasteiger partial charge on any atom is -0.395 e. The van der Waals surface area contributed by atoms with E-state index in [4.69, 9.17) is 10.1 Å². The van der Waals surface area contributed by atoms with Gasteiger partial charge in [-0.2, -0.15) is 4.98 Å². The zero-order chi connectivity index (χ0) is 24.0. The minimum atomic E-state index is -0.427. The van der Waals surface area contributed by atoms with E-state index >= 15 is 0 Å². The van der Waals surface area contributed by atoms with Crippen LogP contribution >= 0.6 is 15.9 Å². The van der Waals surface area contributed by atoms with E-state index in [1.165, 1.54) is 18.5 Å². The molecule has 9 heteroatoms. The lowest BCUT2D eigenvalue weighted by molar-refractivity contribution is -0.129. The van der Waals surface area contributed by atoms with Gasteiger partial charge in [-0.05, 0) is 90.1 Å². The molecule has 4 N–H and O–H groups in total. The number of benzene rings is 1. The normalized spacial score (nSPS) is 32.1. The van der Waals surface area contributed by atoms with Crippen molar-refractivity contribution in [3.05, 3.63) is 34.9 Å². The number of aliphatic hydroxyl groups is 2. The fraction of sp³-hybridized carbons (Fsp3) is 0.615. The van der Waals surface area contributed by atoms with E-state index in [1.54, 1.807) is 0 Å². The van der Waals surface area contributed by atoms with Gasteiger partial charge in [-0.25, -0.2) is 4.98 Å². The van der Waals surface area contributed by atoms with E-state index in [-0.39, 0.29) is 6.61 Å². The summed E-state index contributed by atoms with van der Waals surface area (Å²) in [6, 6.07) is 8.80. The number of hydrogen-bond acceptors (Lipinski definition) is 8. The molecule has 2 heterocycles. The predicted octanol–water partition coefficient (Wildman–Crippen LogP) is 3.45. The lowest BCUT2D eigenvalue weighted by atomic mass is 9.52. The van der Waals surface area contributed by atoms with Gasteiger partial charge >= 0.3 is 0 Å². The molecule has 2 aromatic rings. The van der Waals surface area contributed by atoms with E-state index in [2.05, 4.69) is 65.6 Å². The van der Waals surface area contributed by atoms with Crippen LogP contribution < -0.4 is 15.5 Å². The van der Waals surface area contributed by atoms with Crippen molar-refractivity contribution < 1.29 is 10.2 Å². The summed E-state index contributed by atoms with van der Waals surface area (Å²) in [5.74, 6) is 3.12. The van der Waals surface area contributed by atoms with Gasteiger partial charge in [0.05, 0.1) is 16.7 Å². The summed E-state index contributed by atoms with van der Waals surface area (Å²) < 4.78 is 0.867. The van der Waals surface area contributed by atoms with Crippen LogP contribution in [0.4, 0.5) is 23.1 Å². The molecule has 7 rings (SSSR count). The number of nitrogens with one attached hydrogen (secondary N) is 2. The Morgan fingerprint density at radius 1 is 1.03 bits per heavy atom. The Bertz CT molecular complexity index is 1030. The van der Waals surface area contributed by atoms with Gasteiger partial charge in [0.25, 0.3) is 0 Å². The zero-order valence-electron chi connectivity index (χ0n) is 20.0. The first-order chi connectivity index (χ1) is 17.0. The number of aliphatic hydroxyl groups excluding tert-OH is 1. The number of halogens is 1. The zero-order valence-corrected chi connectivity index (χ0v) is 21.6. The maximum atomic E-state index is 10.9. The third-order valence-corrected chi connectivity index (χ3v) is 9.15. The van der Waals surface area contributed by atoms with Crippen LogP contribution in [-0.4, -0.2) is 76.1 Å². The van der Waals surface area contributed by atoms with Gasteiger partial charge in [-0.15, -0.1) is 0 Å². The highest BCUT2D eigenvalue weighted by Crippen LogP contribution is 2.56. The fourth-order valence-corrected chi connectivity index (χ4v) is 7.46. The van der Waals surface area contributed by atoms with Crippen LogP contribution in [0.3, 0.4) is 0 Å². The molecule has 0 radical (unpaired) electrons. The standard InChI is InChI=1S/C26H35BrN6O2/c27-22-16-28-25(29-20-1-3-21(4-2-20)33-7-5-32(6-8-33)9-10-34)31-24(22)30-23-18-11-17-12-19(23)15-26(35,13-17)14-18/h1-4,16-19,23,34-35H,5-15H2,(H2,28,29,30,31)/t17?,18-,19?,23?,26?/m0/s1. The Labute approximate surface area is 215 Å². The summed E-state index contributed by atoms with van der Waals surface area (Å²) in [5, 5.41) is 27.1. The largest absolute Gasteiger partial charge is 0.395 e. The molecule has 35 heavy (non-hydrogen) atoms. The van der Waals surface area contributed by atoms with E-state index in [0.29, 0.717) is 29.7 Å². The Morgan fingerprint density at radius 3 is 2.40 bits per heavy atom. The number of anilines is 4. The van der Waals surface area contributed by atoms with Crippen molar-refractivity contribution in [2.24, 2.45) is 17.8 Å². The molecular formula is C26H35BrN6O2. The van der Waals surface area contributed by atoms with Crippen LogP contribution in [0.2, 0.25) is 0 Å². The van der Waals surface area contributed by atoms with Crippen molar-refractivity contribution in [2.45, 2.75) is 43.7 Å². The molecule has 4 unspecified atom stereocenters. The molecular weight excluding hydrogens is 508 g/mol. The van der Waals surface area contributed by atoms with Crippen molar-refractivity contribution >= 4 is 39.1 Å². The molecule has 4 aliphatic carbocycles. The monoisotopic (exact) mass is 542 g/mol. The second kappa shape index (κ2) is 9.50. The number of hydrogen-bond donors (Lipinski definition) is 4. The molecule has 5 fully saturated rings. The van der Waals surface area contributed by atoms with Crippen molar-refractivity contribution in [3.8, 4) is 0 Å². The van der Waals surface area contributed by atoms with Gasteiger partial charge in [0.1, 0.15) is 5.82 Å². The molecule has 5 atom stereocenters. The lowest BCUT2D eigenvalue weighted by Gasteiger charge is -2.58. The number of piperazine rings is 1. The van der Waals surface area contributed by atoms with Gasteiger partial charge < -0.3 is 25.7 Å². The summed E-state index contributed by atoms with van der Waals surface area (Å²) >= 11 is 3.63. The Morgan fingerprint density at radius 2 is 1.74 bits per heavy atom. The maximum Gasteiger partial charge on any atom is 0.229 e. The number of β-amino-alcohol motifs (C(OH)–C–C–N with tert-alkyl or cyclic N) is 1. The molecule has 4 bridgehead atoms. The lowest BCUT2D eigenvalue weighted by Crippen LogP contribution is -2.59. The van der Waals surface area contributed by atoms with E-state index in [0.717, 1.165) is 68.0 Å². The van der Waals surface area contributed by atoms with Gasteiger partial charge in [-0.3, -0.25) is 4.90 Å². The minimum absolute atomic E-state index is 0.224. The molecule has 188 valence electrons. The highest BCUT2D eigenvalue weighted by atomic mass is 79.9. The molecule has 8 nitrogen and oxygen atoms in total. The van der Waals surface area contributed by atoms with Crippen molar-refractivity contribution in [1.29, 1.82) is 0 Å². The van der Waals surface area contributed by atoms with Gasteiger partial charge in [0.2, 0.25) is 5.95 Å². The SMILES string of the molecule is OCCN1CCN(c2ccc(Nc3ncc(Br)c(NC4C5CC6C[C@H]4CC(O)(C6)C5)n3)cc2)CC1. The first kappa shape index (κ1) is 23.5. The van der Waals surface area contributed by atoms with Gasteiger partial charge in [0, 0.05) is 56.3 Å². The summed E-state index contributed by atoms with van der Waals surface area (Å²) in [6.45, 7) is 4.88. The number of nitrogens with zero attached hydrogens (tertiary/aromatic N) is 4. The predicted molar refractivity (Wildman–Crippen MR) is 141 cm³/mol. The number of rotatable bonds is 7. The molecule has 1 aliphatic heterocycles. The van der Waals surface area contributed by atoms with Crippen molar-refractivity contribution in [1.82, 2.24) is 14.9 Å². The molecule has 1 saturated heterocycles. The smallest absolute Gasteiger partial charge is 0.229 e. The summed E-state index contributed by atoms with van der Waals surface area (Å²) in [5.41, 5.74) is 1.74. The van der Waals surface area contributed by atoms with Crippen LogP contribution in [0.1, 0.15) is 32.1 Å². The van der Waals surface area contributed by atoms with Gasteiger partial charge in [-0.1, -0.05) is 0 Å². The highest BCUT2D eigenvalue weighted by Gasteiger charge is 2.54. The molecule has 0 amide bonds. The topological polar surface area (TPSA) is 96.8 Å². The fourth-order valence-electron chi connectivity index (χ4n) is 7.16. The van der Waals surface area contributed by atoms with Gasteiger partial charge in [0.15, 0.2) is 0 Å². The summed E-state index contributed by atoms with van der Waals surface area (Å²) in [4.78, 5) is 14.0. The van der Waals surface area contributed by atoms with Crippen LogP contribution in [0.15, 0.2) is 34.9 Å². The average Bonchev–Trinajstić information content (AvgIpc) is 2.83. The molecule has 5 aliphatic rings. The first-order valence-corrected chi connectivity index (χ1v) is 13.7. The molecule has 1 aromatic carbocycles. The molecule has 1 aromatic heterocycles. The van der Waals surface area contributed by atoms with Crippen molar-refractivity contribution in [3.63, 3.8) is 0 Å². The molecule has 4 saturated carbocycles. The quantitative estimate of drug-likeness (QED) is 0.422. The third kappa shape index (κ3) is 4.88. The first-order valence-electron chi connectivity index (χ1n) is 12.9. The Hall–Kier alpha value is -1.94. The number of aromatic nitrogens is 2. The second-order valence-corrected chi connectivity index (χ2v) is 11.8. The average molecular weight is 544 g/mol. The maximum absolute atomic E-state index is 10.9. The summed E-state index contributed by atoms with van der Waals surface area (Å²) in [7, 11) is 0. The van der Waals surface area contributed by atoms with Crippen LogP contribution in [0.5, 0.6) is 0 Å². The van der Waals surface area contributed by atoms with E-state index in [1.807, 2.05) is 6.20 Å². The van der Waals surface area contributed by atoms with Crippen LogP contribution in [0, 0.1) is 17.8 Å². The Balaban J connectivity index is 1.10. The molecule has 0 spiro atoms. The van der Waals surface area contributed by atoms with E-state index < -0.39 is 5.60 Å². The van der Waals surface area contributed by atoms with Crippen LogP contribution in [0.25, 0.3) is 0 Å². The van der Waals surface area contributed by atoms with Crippen molar-refractivity contribution in [2.75, 3.05) is 54.9 Å². The Kier molecular flexibility index (Phi) is 6.37. The summed E-state index contributed by atoms with van der Waals surface area (Å²) in [6.07, 6.45) is 7.06. The third-order valence-electron chi connectivity index (χ3n) is 8.57. The highest BCUT2D eigenvalue weighted by molar-refractivity contribution is 9.10. The van der Waals surface area contributed by atoms with E-state index in [9.17, 15) is 5.11 Å². The second-order valence-electron chi connectivity index (χ2n) is 11.0. The van der Waals surface area contributed by atoms with Crippen LogP contribution in [-0.2, 0) is 0 Å².